The van der Waals surface area contributed by atoms with Gasteiger partial charge in [-0.15, -0.1) is 0 Å². The number of carbonyl (C=O) groups is 1. The summed E-state index contributed by atoms with van der Waals surface area (Å²) in [6.45, 7) is 17.3. The van der Waals surface area contributed by atoms with E-state index in [1.54, 1.807) is 0 Å². The molecule has 1 saturated heterocycles. The number of hydrogen-bond donors (Lipinski definition) is 1. The molecule has 1 aliphatic heterocycles. The Bertz CT molecular complexity index is 540. The SMILES string of the molecule is C=C(C)/C(=N\N(C)CCCC1CN(C(=O)OC(C)(C)C)C(C)(C)C1)SN. The predicted octanol–water partition coefficient (Wildman–Crippen LogP) is 4.23. The van der Waals surface area contributed by atoms with Gasteiger partial charge in [0.1, 0.15) is 10.6 Å². The van der Waals surface area contributed by atoms with Crippen LogP contribution in [0, 0.1) is 5.92 Å². The van der Waals surface area contributed by atoms with Gasteiger partial charge in [0.05, 0.1) is 0 Å². The minimum Gasteiger partial charge on any atom is -0.444 e. The van der Waals surface area contributed by atoms with Gasteiger partial charge in [-0.05, 0) is 84.2 Å². The Morgan fingerprint density at radius 3 is 2.58 bits per heavy atom. The minimum atomic E-state index is -0.464. The van der Waals surface area contributed by atoms with Crippen molar-refractivity contribution >= 4 is 23.1 Å². The molecule has 0 aromatic rings. The lowest BCUT2D eigenvalue weighted by Crippen LogP contribution is -2.45. The normalized spacial score (nSPS) is 20.2. The van der Waals surface area contributed by atoms with Gasteiger partial charge in [-0.3, -0.25) is 10.1 Å². The molecule has 0 bridgehead atoms. The van der Waals surface area contributed by atoms with Crippen LogP contribution >= 0.6 is 11.9 Å². The second-order valence-corrected chi connectivity index (χ2v) is 9.42. The Labute approximate surface area is 163 Å². The highest BCUT2D eigenvalue weighted by atomic mass is 32.2. The molecule has 1 atom stereocenters. The van der Waals surface area contributed by atoms with Gasteiger partial charge >= 0.3 is 6.09 Å². The van der Waals surface area contributed by atoms with Crippen molar-refractivity contribution in [3.8, 4) is 0 Å². The molecule has 1 heterocycles. The quantitative estimate of drug-likeness (QED) is 0.321. The summed E-state index contributed by atoms with van der Waals surface area (Å²) in [7, 11) is 1.95. The van der Waals surface area contributed by atoms with E-state index >= 15 is 0 Å². The fraction of sp³-hybridized carbons (Fsp3) is 0.789. The Balaban J connectivity index is 2.53. The van der Waals surface area contributed by atoms with Crippen molar-refractivity contribution in [1.82, 2.24) is 9.91 Å². The Morgan fingerprint density at radius 2 is 2.08 bits per heavy atom. The number of ether oxygens (including phenoxy) is 1. The van der Waals surface area contributed by atoms with Gasteiger partial charge in [-0.25, -0.2) is 4.79 Å². The summed E-state index contributed by atoms with van der Waals surface area (Å²) in [5, 5.41) is 12.8. The van der Waals surface area contributed by atoms with Crippen LogP contribution in [0.3, 0.4) is 0 Å². The number of hydrazone groups is 1. The first-order valence-corrected chi connectivity index (χ1v) is 10.1. The van der Waals surface area contributed by atoms with Crippen molar-refractivity contribution in [3.63, 3.8) is 0 Å². The number of rotatable bonds is 6. The maximum Gasteiger partial charge on any atom is 0.410 e. The smallest absolute Gasteiger partial charge is 0.410 e. The molecule has 0 spiro atoms. The zero-order valence-electron chi connectivity index (χ0n) is 17.5. The van der Waals surface area contributed by atoms with Crippen molar-refractivity contribution in [2.24, 2.45) is 16.2 Å². The highest BCUT2D eigenvalue weighted by molar-refractivity contribution is 8.12. The van der Waals surface area contributed by atoms with Gasteiger partial charge in [0.2, 0.25) is 0 Å². The first-order valence-electron chi connectivity index (χ1n) is 9.18. The van der Waals surface area contributed by atoms with E-state index in [4.69, 9.17) is 9.88 Å². The topological polar surface area (TPSA) is 71.2 Å². The second-order valence-electron chi connectivity index (χ2n) is 8.80. The molecule has 0 aliphatic carbocycles. The van der Waals surface area contributed by atoms with Crippen molar-refractivity contribution in [2.45, 2.75) is 71.9 Å². The molecule has 0 aromatic heterocycles. The number of hydrogen-bond acceptors (Lipinski definition) is 6. The molecule has 0 radical (unpaired) electrons. The number of likely N-dealkylation sites (tertiary alicyclic amines) is 1. The third-order valence-corrected chi connectivity index (χ3v) is 5.06. The molecule has 1 unspecified atom stereocenters. The second kappa shape index (κ2) is 9.13. The summed E-state index contributed by atoms with van der Waals surface area (Å²) in [6, 6.07) is 0. The summed E-state index contributed by atoms with van der Waals surface area (Å²) in [4.78, 5) is 14.4. The van der Waals surface area contributed by atoms with E-state index in [1.807, 2.05) is 44.7 Å². The molecule has 0 aromatic carbocycles. The van der Waals surface area contributed by atoms with Crippen LogP contribution in [-0.4, -0.2) is 52.3 Å². The first-order chi connectivity index (χ1) is 11.9. The van der Waals surface area contributed by atoms with Crippen LogP contribution in [0.4, 0.5) is 4.79 Å². The van der Waals surface area contributed by atoms with E-state index in [1.165, 1.54) is 0 Å². The third kappa shape index (κ3) is 7.19. The molecule has 7 heteroatoms. The molecule has 1 fully saturated rings. The van der Waals surface area contributed by atoms with Crippen LogP contribution in [0.1, 0.15) is 60.8 Å². The van der Waals surface area contributed by atoms with Crippen LogP contribution < -0.4 is 5.14 Å². The molecule has 150 valence electrons. The zero-order valence-corrected chi connectivity index (χ0v) is 18.3. The zero-order chi connectivity index (χ0) is 20.1. The van der Waals surface area contributed by atoms with Gasteiger partial charge in [0, 0.05) is 25.7 Å². The summed E-state index contributed by atoms with van der Waals surface area (Å²) >= 11 is 1.12. The number of nitrogens with two attached hydrogens (primary N) is 1. The van der Waals surface area contributed by atoms with Gasteiger partial charge < -0.3 is 9.64 Å². The Kier molecular flexibility index (Phi) is 8.02. The average molecular weight is 385 g/mol. The first kappa shape index (κ1) is 22.8. The van der Waals surface area contributed by atoms with E-state index in [2.05, 4.69) is 25.5 Å². The number of carbonyl (C=O) groups excluding carboxylic acids is 1. The van der Waals surface area contributed by atoms with E-state index in [-0.39, 0.29) is 11.6 Å². The van der Waals surface area contributed by atoms with Crippen LogP contribution in [-0.2, 0) is 4.74 Å². The molecule has 1 aliphatic rings. The van der Waals surface area contributed by atoms with Gasteiger partial charge in [-0.1, -0.05) is 6.58 Å². The predicted molar refractivity (Wildman–Crippen MR) is 111 cm³/mol. The summed E-state index contributed by atoms with van der Waals surface area (Å²) in [5.74, 6) is 0.486. The van der Waals surface area contributed by atoms with E-state index in [0.29, 0.717) is 5.92 Å². The van der Waals surface area contributed by atoms with E-state index < -0.39 is 5.60 Å². The van der Waals surface area contributed by atoms with Crippen LogP contribution in [0.15, 0.2) is 17.3 Å². The lowest BCUT2D eigenvalue weighted by atomic mass is 9.93. The minimum absolute atomic E-state index is 0.166. The van der Waals surface area contributed by atoms with Crippen molar-refractivity contribution < 1.29 is 9.53 Å². The van der Waals surface area contributed by atoms with Gasteiger partial charge in [-0.2, -0.15) is 5.10 Å². The fourth-order valence-corrected chi connectivity index (χ4v) is 3.63. The number of amides is 1. The highest BCUT2D eigenvalue weighted by Gasteiger charge is 2.42. The summed E-state index contributed by atoms with van der Waals surface area (Å²) < 4.78 is 5.57. The molecule has 2 N–H and O–H groups in total. The largest absolute Gasteiger partial charge is 0.444 e. The van der Waals surface area contributed by atoms with Crippen LogP contribution in [0.5, 0.6) is 0 Å². The standard InChI is InChI=1S/C19H36N4O2S/c1-14(2)16(26-20)21-22(8)11-9-10-15-12-19(6,7)23(13-15)17(24)25-18(3,4)5/h15H,1,9-13,20H2,2-8H3/b21-16+. The maximum atomic E-state index is 12.5. The van der Waals surface area contributed by atoms with Crippen LogP contribution in [0.25, 0.3) is 0 Å². The number of nitrogens with zero attached hydrogens (tertiary/aromatic N) is 3. The van der Waals surface area contributed by atoms with Crippen LogP contribution in [0.2, 0.25) is 0 Å². The van der Waals surface area contributed by atoms with Crippen molar-refractivity contribution in [1.29, 1.82) is 0 Å². The monoisotopic (exact) mass is 384 g/mol. The summed E-state index contributed by atoms with van der Waals surface area (Å²) in [5.41, 5.74) is 0.240. The fourth-order valence-electron chi connectivity index (χ4n) is 3.24. The van der Waals surface area contributed by atoms with Crippen molar-refractivity contribution in [2.75, 3.05) is 20.1 Å². The lowest BCUT2D eigenvalue weighted by Gasteiger charge is -2.33. The Hall–Kier alpha value is -1.21. The van der Waals surface area contributed by atoms with E-state index in [9.17, 15) is 4.79 Å². The maximum absolute atomic E-state index is 12.5. The summed E-state index contributed by atoms with van der Waals surface area (Å²) in [6.07, 6.45) is 2.86. The molecular formula is C19H36N4O2S. The molecule has 1 amide bonds. The molecular weight excluding hydrogens is 348 g/mol. The lowest BCUT2D eigenvalue weighted by molar-refractivity contribution is 0.0131. The van der Waals surface area contributed by atoms with E-state index in [0.717, 1.165) is 54.9 Å². The molecule has 0 saturated carbocycles. The molecule has 6 nitrogen and oxygen atoms in total. The Morgan fingerprint density at radius 1 is 1.46 bits per heavy atom. The third-order valence-electron chi connectivity index (χ3n) is 4.41. The molecule has 1 rings (SSSR count). The van der Waals surface area contributed by atoms with Gasteiger partial charge in [0.15, 0.2) is 0 Å². The highest BCUT2D eigenvalue weighted by Crippen LogP contribution is 2.36. The van der Waals surface area contributed by atoms with Crippen molar-refractivity contribution in [3.05, 3.63) is 12.2 Å². The average Bonchev–Trinajstić information content (AvgIpc) is 2.77. The molecule has 26 heavy (non-hydrogen) atoms. The van der Waals surface area contributed by atoms with Gasteiger partial charge in [0.25, 0.3) is 0 Å².